The molecule has 2 fully saturated rings. The molecule has 2 aliphatic rings. The third-order valence-electron chi connectivity index (χ3n) is 4.14. The van der Waals surface area contributed by atoms with Crippen LogP contribution in [0, 0.1) is 0 Å². The third kappa shape index (κ3) is 2.51. The van der Waals surface area contributed by atoms with E-state index >= 15 is 0 Å². The van der Waals surface area contributed by atoms with Crippen LogP contribution >= 0.6 is 27.3 Å². The van der Waals surface area contributed by atoms with E-state index in [-0.39, 0.29) is 0 Å². The number of anilines is 1. The predicted molar refractivity (Wildman–Crippen MR) is 75.6 cm³/mol. The highest BCUT2D eigenvalue weighted by molar-refractivity contribution is 9.10. The van der Waals surface area contributed by atoms with Gasteiger partial charge in [-0.3, -0.25) is 0 Å². The normalized spacial score (nSPS) is 33.6. The van der Waals surface area contributed by atoms with Crippen LogP contribution in [0.15, 0.2) is 9.98 Å². The van der Waals surface area contributed by atoms with Gasteiger partial charge in [0.1, 0.15) is 4.60 Å². The molecule has 2 unspecified atom stereocenters. The summed E-state index contributed by atoms with van der Waals surface area (Å²) in [4.78, 5) is 7.02. The molecule has 0 spiro atoms. The number of thiazole rings is 1. The number of hydrogen-bond donors (Lipinski definition) is 1. The highest BCUT2D eigenvalue weighted by Gasteiger charge is 2.36. The maximum absolute atomic E-state index is 4.43. The van der Waals surface area contributed by atoms with Crippen LogP contribution in [0.1, 0.15) is 32.1 Å². The maximum atomic E-state index is 4.43. The Labute approximate surface area is 115 Å². The first-order valence-electron chi connectivity index (χ1n) is 6.32. The van der Waals surface area contributed by atoms with E-state index in [1.807, 2.05) is 5.38 Å². The van der Waals surface area contributed by atoms with E-state index in [2.05, 4.69) is 38.2 Å². The molecule has 2 aliphatic heterocycles. The first-order valence-corrected chi connectivity index (χ1v) is 7.99. The molecule has 17 heavy (non-hydrogen) atoms. The largest absolute Gasteiger partial charge is 0.359 e. The molecule has 2 saturated heterocycles. The second kappa shape index (κ2) is 4.86. The van der Waals surface area contributed by atoms with Crippen molar-refractivity contribution in [3.8, 4) is 0 Å². The van der Waals surface area contributed by atoms with Gasteiger partial charge in [-0.25, -0.2) is 4.98 Å². The zero-order valence-corrected chi connectivity index (χ0v) is 12.4. The topological polar surface area (TPSA) is 28.2 Å². The molecule has 2 atom stereocenters. The van der Waals surface area contributed by atoms with Crippen molar-refractivity contribution >= 4 is 32.4 Å². The summed E-state index contributed by atoms with van der Waals surface area (Å²) in [5, 5.41) is 6.70. The van der Waals surface area contributed by atoms with Gasteiger partial charge >= 0.3 is 0 Å². The van der Waals surface area contributed by atoms with E-state index in [0.29, 0.717) is 6.04 Å². The molecule has 0 aromatic carbocycles. The molecule has 3 rings (SSSR count). The summed E-state index contributed by atoms with van der Waals surface area (Å²) in [5.41, 5.74) is 0. The van der Waals surface area contributed by atoms with E-state index in [4.69, 9.17) is 0 Å². The molecule has 0 radical (unpaired) electrons. The fourth-order valence-corrected chi connectivity index (χ4v) is 4.45. The van der Waals surface area contributed by atoms with E-state index < -0.39 is 0 Å². The Morgan fingerprint density at radius 1 is 1.41 bits per heavy atom. The number of piperidine rings is 2. The number of rotatable bonds is 2. The molecule has 3 nitrogen and oxygen atoms in total. The lowest BCUT2D eigenvalue weighted by Crippen LogP contribution is -2.52. The van der Waals surface area contributed by atoms with Crippen molar-refractivity contribution in [3.05, 3.63) is 9.98 Å². The summed E-state index contributed by atoms with van der Waals surface area (Å²) in [5.74, 6) is 0. The van der Waals surface area contributed by atoms with Crippen molar-refractivity contribution in [2.24, 2.45) is 0 Å². The molecule has 1 aromatic heterocycles. The third-order valence-corrected chi connectivity index (χ3v) is 5.63. The monoisotopic (exact) mass is 315 g/mol. The molecule has 0 aliphatic carbocycles. The van der Waals surface area contributed by atoms with Crippen molar-refractivity contribution in [1.82, 2.24) is 9.88 Å². The fraction of sp³-hybridized carbons (Fsp3) is 0.750. The molecule has 3 heterocycles. The number of fused-ring (bicyclic) bond motifs is 2. The van der Waals surface area contributed by atoms with Crippen LogP contribution in [0.3, 0.4) is 0 Å². The minimum absolute atomic E-state index is 0.611. The Bertz CT molecular complexity index is 381. The summed E-state index contributed by atoms with van der Waals surface area (Å²) in [7, 11) is 2.30. The summed E-state index contributed by atoms with van der Waals surface area (Å²) in [6.07, 6.45) is 6.68. The smallest absolute Gasteiger partial charge is 0.183 e. The Morgan fingerprint density at radius 2 is 2.12 bits per heavy atom. The average molecular weight is 316 g/mol. The lowest BCUT2D eigenvalue weighted by molar-refractivity contribution is 0.0608. The molecule has 94 valence electrons. The van der Waals surface area contributed by atoms with Gasteiger partial charge in [0.25, 0.3) is 0 Å². The van der Waals surface area contributed by atoms with Gasteiger partial charge in [-0.1, -0.05) is 6.42 Å². The molecule has 2 bridgehead atoms. The average Bonchev–Trinajstić information content (AvgIpc) is 2.66. The first-order chi connectivity index (χ1) is 8.22. The van der Waals surface area contributed by atoms with Gasteiger partial charge in [0.2, 0.25) is 0 Å². The number of halogens is 1. The van der Waals surface area contributed by atoms with Crippen LogP contribution in [0.25, 0.3) is 0 Å². The number of nitrogens with zero attached hydrogens (tertiary/aromatic N) is 2. The zero-order valence-electron chi connectivity index (χ0n) is 10.0. The minimum atomic E-state index is 0.611. The second-order valence-electron chi connectivity index (χ2n) is 5.19. The van der Waals surface area contributed by atoms with Gasteiger partial charge in [-0.15, -0.1) is 11.3 Å². The minimum Gasteiger partial charge on any atom is -0.359 e. The van der Waals surface area contributed by atoms with E-state index in [1.54, 1.807) is 11.3 Å². The highest BCUT2D eigenvalue weighted by Crippen LogP contribution is 2.34. The van der Waals surface area contributed by atoms with Crippen molar-refractivity contribution in [2.75, 3.05) is 12.4 Å². The van der Waals surface area contributed by atoms with Crippen molar-refractivity contribution in [1.29, 1.82) is 0 Å². The molecule has 0 saturated carbocycles. The fourth-order valence-electron chi connectivity index (χ4n) is 3.23. The Morgan fingerprint density at radius 3 is 2.71 bits per heavy atom. The molecule has 1 N–H and O–H groups in total. The molecular formula is C12H18BrN3S. The zero-order chi connectivity index (χ0) is 11.8. The van der Waals surface area contributed by atoms with Gasteiger partial charge in [-0.2, -0.15) is 0 Å². The number of nitrogens with one attached hydrogen (secondary N) is 1. The van der Waals surface area contributed by atoms with Gasteiger partial charge in [0.15, 0.2) is 5.13 Å². The van der Waals surface area contributed by atoms with Gasteiger partial charge in [-0.05, 0) is 48.7 Å². The lowest BCUT2D eigenvalue weighted by Gasteiger charge is -2.47. The molecule has 5 heteroatoms. The molecule has 1 aromatic rings. The molecular weight excluding hydrogens is 298 g/mol. The summed E-state index contributed by atoms with van der Waals surface area (Å²) in [6, 6.07) is 2.17. The predicted octanol–water partition coefficient (Wildman–Crippen LogP) is 3.33. The van der Waals surface area contributed by atoms with Crippen molar-refractivity contribution < 1.29 is 0 Å². The van der Waals surface area contributed by atoms with Crippen LogP contribution in [-0.4, -0.2) is 35.1 Å². The van der Waals surface area contributed by atoms with Gasteiger partial charge in [0.05, 0.1) is 0 Å². The standard InChI is InChI=1S/C12H18BrN3S/c1-16-9-3-2-4-10(16)6-8(5-9)14-12-15-11(13)7-17-12/h7-10H,2-6H2,1H3,(H,14,15). The van der Waals surface area contributed by atoms with Crippen molar-refractivity contribution in [2.45, 2.75) is 50.2 Å². The van der Waals surface area contributed by atoms with E-state index in [1.165, 1.54) is 32.1 Å². The van der Waals surface area contributed by atoms with Crippen LogP contribution in [0.4, 0.5) is 5.13 Å². The van der Waals surface area contributed by atoms with Crippen molar-refractivity contribution in [3.63, 3.8) is 0 Å². The Hall–Kier alpha value is -0.130. The van der Waals surface area contributed by atoms with Gasteiger partial charge < -0.3 is 10.2 Å². The Balaban J connectivity index is 1.66. The summed E-state index contributed by atoms with van der Waals surface area (Å²) >= 11 is 5.10. The maximum Gasteiger partial charge on any atom is 0.183 e. The second-order valence-corrected chi connectivity index (χ2v) is 6.86. The molecule has 0 amide bonds. The Kier molecular flexibility index (Phi) is 3.41. The summed E-state index contributed by atoms with van der Waals surface area (Å²) < 4.78 is 0.943. The van der Waals surface area contributed by atoms with E-state index in [9.17, 15) is 0 Å². The van der Waals surface area contributed by atoms with Gasteiger partial charge in [0, 0.05) is 23.5 Å². The highest BCUT2D eigenvalue weighted by atomic mass is 79.9. The summed E-state index contributed by atoms with van der Waals surface area (Å²) in [6.45, 7) is 0. The van der Waals surface area contributed by atoms with Crippen LogP contribution < -0.4 is 5.32 Å². The van der Waals surface area contributed by atoms with E-state index in [0.717, 1.165) is 21.8 Å². The first kappa shape index (κ1) is 11.9. The lowest BCUT2D eigenvalue weighted by atomic mass is 9.82. The SMILES string of the molecule is CN1C2CCCC1CC(Nc1nc(Br)cs1)C2. The van der Waals surface area contributed by atoms with Crippen LogP contribution in [0.5, 0.6) is 0 Å². The quantitative estimate of drug-likeness (QED) is 0.907. The number of hydrogen-bond acceptors (Lipinski definition) is 4. The van der Waals surface area contributed by atoms with Crippen LogP contribution in [-0.2, 0) is 0 Å². The van der Waals surface area contributed by atoms with Crippen LogP contribution in [0.2, 0.25) is 0 Å². The number of aromatic nitrogens is 1.